The van der Waals surface area contributed by atoms with Gasteiger partial charge in [-0.2, -0.15) is 0 Å². The molecule has 1 fully saturated rings. The van der Waals surface area contributed by atoms with E-state index in [2.05, 4.69) is 19.9 Å². The van der Waals surface area contributed by atoms with Crippen LogP contribution < -0.4 is 10.2 Å². The van der Waals surface area contributed by atoms with Gasteiger partial charge < -0.3 is 15.0 Å². The highest BCUT2D eigenvalue weighted by Gasteiger charge is 2.27. The summed E-state index contributed by atoms with van der Waals surface area (Å²) in [4.78, 5) is 30.1. The van der Waals surface area contributed by atoms with Gasteiger partial charge in [0.15, 0.2) is 0 Å². The van der Waals surface area contributed by atoms with Crippen molar-refractivity contribution >= 4 is 17.7 Å². The van der Waals surface area contributed by atoms with E-state index in [1.165, 1.54) is 7.11 Å². The molecule has 1 aromatic heterocycles. The van der Waals surface area contributed by atoms with Crippen LogP contribution in [0.2, 0.25) is 0 Å². The zero-order chi connectivity index (χ0) is 15.9. The molecule has 0 spiro atoms. The fourth-order valence-electron chi connectivity index (χ4n) is 2.69. The second-order valence-electron chi connectivity index (χ2n) is 5.66. The van der Waals surface area contributed by atoms with E-state index in [0.717, 1.165) is 25.2 Å². The Labute approximate surface area is 130 Å². The van der Waals surface area contributed by atoms with Gasteiger partial charge in [-0.15, -0.1) is 0 Å². The fraction of sp³-hybridized carbons (Fsp3) is 0.562. The van der Waals surface area contributed by atoms with E-state index in [9.17, 15) is 9.59 Å². The van der Waals surface area contributed by atoms with Crippen molar-refractivity contribution in [2.45, 2.75) is 32.2 Å². The molecule has 2 heterocycles. The molecule has 0 radical (unpaired) electrons. The Balaban J connectivity index is 1.89. The van der Waals surface area contributed by atoms with Crippen LogP contribution in [0.1, 0.15) is 26.2 Å². The summed E-state index contributed by atoms with van der Waals surface area (Å²) in [5, 5.41) is 2.90. The van der Waals surface area contributed by atoms with Crippen LogP contribution in [0.4, 0.5) is 5.82 Å². The highest BCUT2D eigenvalue weighted by atomic mass is 16.5. The molecule has 6 heteroatoms. The summed E-state index contributed by atoms with van der Waals surface area (Å²) in [5.41, 5.74) is 0. The third-order valence-corrected chi connectivity index (χ3v) is 3.85. The summed E-state index contributed by atoms with van der Waals surface area (Å²) in [6.07, 6.45) is 3.77. The maximum atomic E-state index is 12.3. The van der Waals surface area contributed by atoms with Crippen LogP contribution >= 0.6 is 0 Å². The van der Waals surface area contributed by atoms with Gasteiger partial charge in [-0.25, -0.2) is 4.98 Å². The number of piperidine rings is 1. The number of methoxy groups -OCH3 is 1. The van der Waals surface area contributed by atoms with Gasteiger partial charge in [-0.1, -0.05) is 6.07 Å². The molecule has 0 bridgehead atoms. The standard InChI is InChI=1S/C16H23N3O3/c1-12(10-15(20)22-2)18-16(21)13-6-5-9-19(11-13)14-7-3-4-8-17-14/h3-4,7-8,12-13H,5-6,9-11H2,1-2H3,(H,18,21)/t12-,13-/m0/s1. The average Bonchev–Trinajstić information content (AvgIpc) is 2.55. The maximum absolute atomic E-state index is 12.3. The topological polar surface area (TPSA) is 71.5 Å². The van der Waals surface area contributed by atoms with Crippen molar-refractivity contribution in [2.75, 3.05) is 25.1 Å². The first-order valence-corrected chi connectivity index (χ1v) is 7.63. The number of esters is 1. The predicted molar refractivity (Wildman–Crippen MR) is 83.4 cm³/mol. The highest BCUT2D eigenvalue weighted by molar-refractivity contribution is 5.80. The zero-order valence-corrected chi connectivity index (χ0v) is 13.1. The number of nitrogens with zero attached hydrogens (tertiary/aromatic N) is 2. The Bertz CT molecular complexity index is 507. The van der Waals surface area contributed by atoms with Crippen molar-refractivity contribution in [3.8, 4) is 0 Å². The molecule has 1 N–H and O–H groups in total. The number of hydrogen-bond acceptors (Lipinski definition) is 5. The summed E-state index contributed by atoms with van der Waals surface area (Å²) >= 11 is 0. The molecule has 1 aromatic rings. The lowest BCUT2D eigenvalue weighted by Gasteiger charge is -2.33. The Hall–Kier alpha value is -2.11. The van der Waals surface area contributed by atoms with E-state index in [1.807, 2.05) is 25.1 Å². The van der Waals surface area contributed by atoms with Gasteiger partial charge in [-0.3, -0.25) is 9.59 Å². The van der Waals surface area contributed by atoms with E-state index >= 15 is 0 Å². The minimum absolute atomic E-state index is 0.00275. The molecule has 0 saturated carbocycles. The molecular weight excluding hydrogens is 282 g/mol. The predicted octanol–water partition coefficient (Wildman–Crippen LogP) is 1.37. The van der Waals surface area contributed by atoms with Crippen molar-refractivity contribution in [1.82, 2.24) is 10.3 Å². The normalized spacial score (nSPS) is 19.4. The van der Waals surface area contributed by atoms with Gasteiger partial charge in [0.1, 0.15) is 5.82 Å². The molecule has 0 aliphatic carbocycles. The Morgan fingerprint density at radius 3 is 3.00 bits per heavy atom. The second-order valence-corrected chi connectivity index (χ2v) is 5.66. The molecule has 1 saturated heterocycles. The van der Waals surface area contributed by atoms with Crippen LogP contribution in [0.15, 0.2) is 24.4 Å². The summed E-state index contributed by atoms with van der Waals surface area (Å²) < 4.78 is 4.62. The third kappa shape index (κ3) is 4.44. The van der Waals surface area contributed by atoms with E-state index in [-0.39, 0.29) is 30.3 Å². The van der Waals surface area contributed by atoms with Crippen LogP contribution in [0.5, 0.6) is 0 Å². The van der Waals surface area contributed by atoms with Gasteiger partial charge in [0.25, 0.3) is 0 Å². The van der Waals surface area contributed by atoms with Crippen LogP contribution in [0.25, 0.3) is 0 Å². The number of ether oxygens (including phenoxy) is 1. The zero-order valence-electron chi connectivity index (χ0n) is 13.1. The van der Waals surface area contributed by atoms with Gasteiger partial charge in [-0.05, 0) is 31.9 Å². The molecule has 2 rings (SSSR count). The summed E-state index contributed by atoms with van der Waals surface area (Å²) in [6, 6.07) is 5.57. The van der Waals surface area contributed by atoms with Crippen molar-refractivity contribution in [3.05, 3.63) is 24.4 Å². The van der Waals surface area contributed by atoms with E-state index in [4.69, 9.17) is 0 Å². The number of hydrogen-bond donors (Lipinski definition) is 1. The number of carbonyl (C=O) groups excluding carboxylic acids is 2. The lowest BCUT2D eigenvalue weighted by atomic mass is 9.96. The molecule has 1 amide bonds. The van der Waals surface area contributed by atoms with Crippen molar-refractivity contribution in [1.29, 1.82) is 0 Å². The number of pyridine rings is 1. The lowest BCUT2D eigenvalue weighted by Crippen LogP contribution is -2.46. The van der Waals surface area contributed by atoms with Crippen LogP contribution in [0, 0.1) is 5.92 Å². The summed E-state index contributed by atoms with van der Waals surface area (Å²) in [7, 11) is 1.35. The first-order chi connectivity index (χ1) is 10.6. The Kier molecular flexibility index (Phi) is 5.75. The van der Waals surface area contributed by atoms with Crippen LogP contribution in [-0.2, 0) is 14.3 Å². The monoisotopic (exact) mass is 305 g/mol. The largest absolute Gasteiger partial charge is 0.469 e. The smallest absolute Gasteiger partial charge is 0.307 e. The molecule has 22 heavy (non-hydrogen) atoms. The molecular formula is C16H23N3O3. The SMILES string of the molecule is COC(=O)C[C@H](C)NC(=O)[C@H]1CCCN(c2ccccn2)C1. The van der Waals surface area contributed by atoms with E-state index in [1.54, 1.807) is 6.20 Å². The van der Waals surface area contributed by atoms with E-state index < -0.39 is 0 Å². The number of carbonyl (C=O) groups is 2. The van der Waals surface area contributed by atoms with Crippen LogP contribution in [0.3, 0.4) is 0 Å². The van der Waals surface area contributed by atoms with Gasteiger partial charge in [0.05, 0.1) is 19.4 Å². The molecule has 0 unspecified atom stereocenters. The number of anilines is 1. The van der Waals surface area contributed by atoms with Crippen LogP contribution in [-0.4, -0.2) is 43.1 Å². The number of nitrogens with one attached hydrogen (secondary N) is 1. The molecule has 120 valence electrons. The second kappa shape index (κ2) is 7.77. The molecule has 1 aliphatic heterocycles. The first-order valence-electron chi connectivity index (χ1n) is 7.63. The number of aromatic nitrogens is 1. The maximum Gasteiger partial charge on any atom is 0.307 e. The van der Waals surface area contributed by atoms with Gasteiger partial charge >= 0.3 is 5.97 Å². The minimum atomic E-state index is -0.313. The Morgan fingerprint density at radius 2 is 2.32 bits per heavy atom. The summed E-state index contributed by atoms with van der Waals surface area (Å²) in [5.74, 6) is 0.516. The van der Waals surface area contributed by atoms with Gasteiger partial charge in [0.2, 0.25) is 5.91 Å². The number of rotatable bonds is 5. The molecule has 2 atom stereocenters. The molecule has 0 aromatic carbocycles. The lowest BCUT2D eigenvalue weighted by molar-refractivity contribution is -0.141. The quantitative estimate of drug-likeness (QED) is 0.832. The van der Waals surface area contributed by atoms with Crippen molar-refractivity contribution in [2.24, 2.45) is 5.92 Å². The third-order valence-electron chi connectivity index (χ3n) is 3.85. The fourth-order valence-corrected chi connectivity index (χ4v) is 2.69. The average molecular weight is 305 g/mol. The number of amides is 1. The van der Waals surface area contributed by atoms with Crippen molar-refractivity contribution < 1.29 is 14.3 Å². The van der Waals surface area contributed by atoms with Gasteiger partial charge in [0, 0.05) is 25.3 Å². The minimum Gasteiger partial charge on any atom is -0.469 e. The molecule has 1 aliphatic rings. The molecule has 6 nitrogen and oxygen atoms in total. The Morgan fingerprint density at radius 1 is 1.50 bits per heavy atom. The van der Waals surface area contributed by atoms with E-state index in [0.29, 0.717) is 6.54 Å². The summed E-state index contributed by atoms with van der Waals surface area (Å²) in [6.45, 7) is 3.39. The van der Waals surface area contributed by atoms with Crippen molar-refractivity contribution in [3.63, 3.8) is 0 Å². The highest BCUT2D eigenvalue weighted by Crippen LogP contribution is 2.21. The first kappa shape index (κ1) is 16.3.